The lowest BCUT2D eigenvalue weighted by molar-refractivity contribution is -0.109. The summed E-state index contributed by atoms with van der Waals surface area (Å²) < 4.78 is 6.76. The van der Waals surface area contributed by atoms with Crippen LogP contribution in [0, 0.1) is 0 Å². The second-order valence-corrected chi connectivity index (χ2v) is 5.15. The molecule has 8 N–H and O–H groups in total. The van der Waals surface area contributed by atoms with E-state index in [9.17, 15) is 15.0 Å². The van der Waals surface area contributed by atoms with E-state index in [4.69, 9.17) is 21.3 Å². The van der Waals surface area contributed by atoms with Crippen LogP contribution in [0.1, 0.15) is 12.6 Å². The molecule has 2 aromatic rings. The van der Waals surface area contributed by atoms with Crippen LogP contribution in [0.2, 0.25) is 0 Å². The number of aromatic nitrogens is 4. The maximum Gasteiger partial charge on any atom is 0.280 e. The van der Waals surface area contributed by atoms with Crippen molar-refractivity contribution in [2.75, 3.05) is 12.3 Å². The highest BCUT2D eigenvalue weighted by atomic mass is 16.6. The second kappa shape index (κ2) is 5.00. The van der Waals surface area contributed by atoms with E-state index in [0.29, 0.717) is 0 Å². The highest BCUT2D eigenvalue weighted by Gasteiger charge is 2.52. The fourth-order valence-corrected chi connectivity index (χ4v) is 2.54. The van der Waals surface area contributed by atoms with Gasteiger partial charge in [0.25, 0.3) is 5.56 Å². The molecule has 2 aromatic heterocycles. The summed E-state index contributed by atoms with van der Waals surface area (Å²) in [5.74, 6) is -0.123. The Morgan fingerprint density at radius 1 is 1.50 bits per heavy atom. The third-order valence-electron chi connectivity index (χ3n) is 3.68. The molecule has 11 heteroatoms. The number of nitrogens with one attached hydrogen (secondary N) is 1. The zero-order valence-electron chi connectivity index (χ0n) is 11.4. The number of ether oxygens (including phenoxy) is 1. The number of aromatic amines is 1. The molecule has 1 fully saturated rings. The van der Waals surface area contributed by atoms with Gasteiger partial charge in [0.2, 0.25) is 5.95 Å². The van der Waals surface area contributed by atoms with Gasteiger partial charge in [0.15, 0.2) is 23.1 Å². The molecule has 22 heavy (non-hydrogen) atoms. The van der Waals surface area contributed by atoms with Crippen LogP contribution in [0.25, 0.3) is 11.2 Å². The first-order chi connectivity index (χ1) is 10.4. The number of hydrogen-bond acceptors (Lipinski definition) is 9. The lowest BCUT2D eigenvalue weighted by Crippen LogP contribution is -2.51. The Balaban J connectivity index is 2.07. The summed E-state index contributed by atoms with van der Waals surface area (Å²) in [6.45, 7) is -0.331. The van der Waals surface area contributed by atoms with Crippen LogP contribution in [0.15, 0.2) is 11.1 Å². The minimum Gasteiger partial charge on any atom is -0.396 e. The molecule has 1 saturated heterocycles. The maximum absolute atomic E-state index is 11.7. The first kappa shape index (κ1) is 14.9. The number of hydrogen-bond donors (Lipinski definition) is 6. The third-order valence-corrected chi connectivity index (χ3v) is 3.68. The van der Waals surface area contributed by atoms with E-state index in [1.165, 1.54) is 10.9 Å². The Morgan fingerprint density at radius 2 is 2.23 bits per heavy atom. The van der Waals surface area contributed by atoms with Crippen LogP contribution in [-0.2, 0) is 4.74 Å². The van der Waals surface area contributed by atoms with Crippen molar-refractivity contribution >= 4 is 17.1 Å². The van der Waals surface area contributed by atoms with Crippen molar-refractivity contribution in [3.05, 3.63) is 16.7 Å². The molecule has 0 aliphatic carbocycles. The van der Waals surface area contributed by atoms with Gasteiger partial charge >= 0.3 is 0 Å². The Bertz CT molecular complexity index is 759. The predicted molar refractivity (Wildman–Crippen MR) is 73.3 cm³/mol. The first-order valence-electron chi connectivity index (χ1n) is 6.53. The number of anilines is 1. The molecular weight excluding hydrogens is 296 g/mol. The van der Waals surface area contributed by atoms with E-state index >= 15 is 0 Å². The molecule has 0 spiro atoms. The second-order valence-electron chi connectivity index (χ2n) is 5.15. The number of aliphatic hydroxyl groups excluding tert-OH is 3. The van der Waals surface area contributed by atoms with Gasteiger partial charge in [0.05, 0.1) is 6.33 Å². The zero-order chi connectivity index (χ0) is 16.1. The summed E-state index contributed by atoms with van der Waals surface area (Å²) in [6.07, 6.45) is -2.79. The van der Waals surface area contributed by atoms with Gasteiger partial charge in [-0.15, -0.1) is 0 Å². The van der Waals surface area contributed by atoms with Crippen molar-refractivity contribution in [1.29, 1.82) is 0 Å². The predicted octanol–water partition coefficient (Wildman–Crippen LogP) is -3.01. The quantitative estimate of drug-likeness (QED) is 0.343. The summed E-state index contributed by atoms with van der Waals surface area (Å²) in [7, 11) is 0. The van der Waals surface area contributed by atoms with Crippen molar-refractivity contribution < 1.29 is 20.1 Å². The fraction of sp³-hybridized carbons (Fsp3) is 0.545. The molecule has 3 rings (SSSR count). The third kappa shape index (κ3) is 2.07. The molecule has 11 nitrogen and oxygen atoms in total. The fourth-order valence-electron chi connectivity index (χ4n) is 2.54. The average molecular weight is 312 g/mol. The largest absolute Gasteiger partial charge is 0.396 e. The van der Waals surface area contributed by atoms with Gasteiger partial charge in [0.1, 0.15) is 12.2 Å². The van der Waals surface area contributed by atoms with E-state index in [0.717, 1.165) is 0 Å². The highest BCUT2D eigenvalue weighted by Crippen LogP contribution is 2.36. The van der Waals surface area contributed by atoms with Crippen molar-refractivity contribution in [2.24, 2.45) is 5.73 Å². The zero-order valence-corrected chi connectivity index (χ0v) is 11.4. The highest BCUT2D eigenvalue weighted by molar-refractivity contribution is 5.70. The molecule has 1 unspecified atom stereocenters. The molecule has 3 heterocycles. The minimum absolute atomic E-state index is 0.0103. The lowest BCUT2D eigenvalue weighted by atomic mass is 10.0. The van der Waals surface area contributed by atoms with Crippen molar-refractivity contribution in [1.82, 2.24) is 19.5 Å². The monoisotopic (exact) mass is 312 g/mol. The van der Waals surface area contributed by atoms with Gasteiger partial charge in [-0.1, -0.05) is 0 Å². The molecule has 1 aliphatic heterocycles. The van der Waals surface area contributed by atoms with Gasteiger partial charge in [-0.3, -0.25) is 14.3 Å². The molecule has 0 aromatic carbocycles. The van der Waals surface area contributed by atoms with E-state index in [2.05, 4.69) is 15.0 Å². The van der Waals surface area contributed by atoms with Gasteiger partial charge in [-0.25, -0.2) is 4.98 Å². The number of fused-ring (bicyclic) bond motifs is 1. The van der Waals surface area contributed by atoms with E-state index < -0.39 is 29.7 Å². The SMILES string of the molecule is Nc1nc2c(ncn2C2O[C@](N)(CCO)[C@@H](O)[C@H]2O)c(=O)[nH]1. The van der Waals surface area contributed by atoms with Gasteiger partial charge < -0.3 is 31.5 Å². The van der Waals surface area contributed by atoms with E-state index in [1.807, 2.05) is 0 Å². The summed E-state index contributed by atoms with van der Waals surface area (Å²) in [6, 6.07) is 0. The van der Waals surface area contributed by atoms with Crippen LogP contribution in [0.5, 0.6) is 0 Å². The molecule has 4 atom stereocenters. The summed E-state index contributed by atoms with van der Waals surface area (Å²) in [5.41, 5.74) is 9.30. The maximum atomic E-state index is 11.7. The molecule has 0 bridgehead atoms. The smallest absolute Gasteiger partial charge is 0.280 e. The molecule has 120 valence electrons. The van der Waals surface area contributed by atoms with E-state index in [-0.39, 0.29) is 30.1 Å². The van der Waals surface area contributed by atoms with Gasteiger partial charge in [-0.05, 0) is 0 Å². The van der Waals surface area contributed by atoms with Crippen molar-refractivity contribution in [3.63, 3.8) is 0 Å². The molecule has 0 saturated carbocycles. The standard InChI is InChI=1S/C11H16N6O5/c12-10-15-7-4(8(21)16-10)14-3-17(7)9-5(19)6(20)11(13,22-9)1-2-18/h3,5-6,9,18-20H,1-2,13H2,(H3,12,15,16,21)/t5-,6+,9?,11-/m1/s1. The number of imidazole rings is 1. The Hall–Kier alpha value is -2.05. The topological polar surface area (TPSA) is 186 Å². The average Bonchev–Trinajstić information content (AvgIpc) is 2.95. The van der Waals surface area contributed by atoms with Gasteiger partial charge in [-0.2, -0.15) is 4.98 Å². The van der Waals surface area contributed by atoms with E-state index in [1.54, 1.807) is 0 Å². The van der Waals surface area contributed by atoms with Crippen LogP contribution in [0.4, 0.5) is 5.95 Å². The molecule has 1 aliphatic rings. The number of nitrogens with zero attached hydrogens (tertiary/aromatic N) is 3. The lowest BCUT2D eigenvalue weighted by Gasteiger charge is -2.26. The van der Waals surface area contributed by atoms with Crippen molar-refractivity contribution in [2.45, 2.75) is 30.6 Å². The number of nitrogens with two attached hydrogens (primary N) is 2. The normalized spacial score (nSPS) is 31.9. The Labute approximate surface area is 123 Å². The van der Waals surface area contributed by atoms with Crippen LogP contribution in [0.3, 0.4) is 0 Å². The van der Waals surface area contributed by atoms with Crippen LogP contribution in [-0.4, -0.2) is 59.4 Å². The van der Waals surface area contributed by atoms with Crippen LogP contribution >= 0.6 is 0 Å². The number of H-pyrrole nitrogens is 1. The minimum atomic E-state index is -1.62. The van der Waals surface area contributed by atoms with Crippen molar-refractivity contribution in [3.8, 4) is 0 Å². The molecular formula is C11H16N6O5. The van der Waals surface area contributed by atoms with Crippen LogP contribution < -0.4 is 17.0 Å². The number of rotatable bonds is 3. The van der Waals surface area contributed by atoms with Gasteiger partial charge in [0, 0.05) is 13.0 Å². The summed E-state index contributed by atoms with van der Waals surface area (Å²) in [5, 5.41) is 29.2. The number of aliphatic hydroxyl groups is 3. The first-order valence-corrected chi connectivity index (χ1v) is 6.53. The molecule has 0 radical (unpaired) electrons. The summed E-state index contributed by atoms with van der Waals surface area (Å²) in [4.78, 5) is 21.9. The number of nitrogen functional groups attached to an aromatic ring is 1. The Kier molecular flexibility index (Phi) is 3.38. The Morgan fingerprint density at radius 3 is 2.91 bits per heavy atom. The summed E-state index contributed by atoms with van der Waals surface area (Å²) >= 11 is 0. The molecule has 0 amide bonds.